The molecule has 464 valence electrons. The molecule has 5 heterocycles. The first-order valence-electron chi connectivity index (χ1n) is 24.9. The topological polar surface area (TPSA) is 297 Å². The van der Waals surface area contributed by atoms with E-state index in [1.165, 1.54) is 48.0 Å². The molecule has 0 aliphatic heterocycles. The molecule has 87 heavy (non-hydrogen) atoms. The molecule has 20 nitrogen and oxygen atoms in total. The van der Waals surface area contributed by atoms with Crippen LogP contribution in [0.25, 0.3) is 20.9 Å². The van der Waals surface area contributed by atoms with Crippen molar-refractivity contribution in [3.05, 3.63) is 180 Å². The fourth-order valence-electron chi connectivity index (χ4n) is 6.26. The molecule has 0 saturated heterocycles. The Kier molecular flexibility index (Phi) is 30.7. The van der Waals surface area contributed by atoms with Crippen molar-refractivity contribution in [3.8, 4) is 20.9 Å². The Balaban J connectivity index is 0.000000393. The lowest BCUT2D eigenvalue weighted by Crippen LogP contribution is -2.27. The number of carbonyl (C=O) groups excluding carboxylic acids is 5. The van der Waals surface area contributed by atoms with E-state index in [4.69, 9.17) is 64.8 Å². The van der Waals surface area contributed by atoms with E-state index < -0.39 is 52.4 Å². The summed E-state index contributed by atoms with van der Waals surface area (Å²) in [6, 6.07) is 32.9. The van der Waals surface area contributed by atoms with Crippen LogP contribution in [-0.2, 0) is 14.2 Å². The number of halogens is 5. The molecule has 29 heteroatoms. The number of nitrogens with two attached hydrogens (primary N) is 1. The van der Waals surface area contributed by atoms with E-state index in [1.54, 1.807) is 118 Å². The van der Waals surface area contributed by atoms with Crippen LogP contribution in [0.2, 0.25) is 10.3 Å². The van der Waals surface area contributed by atoms with Crippen LogP contribution in [0.4, 0.5) is 53.2 Å². The summed E-state index contributed by atoms with van der Waals surface area (Å²) in [6.45, 7) is 15.9. The van der Waals surface area contributed by atoms with Gasteiger partial charge in [0.25, 0.3) is 16.8 Å². The number of hydrogen-bond donors (Lipinski definition) is 7. The maximum absolute atomic E-state index is 12.7. The summed E-state index contributed by atoms with van der Waals surface area (Å²) in [5.74, 6) is -0.371. The molecule has 0 atom stereocenters. The van der Waals surface area contributed by atoms with Crippen LogP contribution < -0.4 is 31.8 Å². The molecule has 8 aromatic rings. The average molecular weight is 1380 g/mol. The number of nitro benzene ring substituents is 1. The van der Waals surface area contributed by atoms with Gasteiger partial charge in [-0.2, -0.15) is 11.3 Å². The second-order valence-electron chi connectivity index (χ2n) is 20.2. The minimum absolute atomic E-state index is 0. The van der Waals surface area contributed by atoms with Gasteiger partial charge in [-0.25, -0.2) is 24.4 Å². The van der Waals surface area contributed by atoms with Crippen molar-refractivity contribution >= 4 is 160 Å². The van der Waals surface area contributed by atoms with E-state index in [0.29, 0.717) is 53.4 Å². The predicted molar refractivity (Wildman–Crippen MR) is 354 cm³/mol. The molecule has 4 amide bonds. The summed E-state index contributed by atoms with van der Waals surface area (Å²) >= 11 is 24.1. The zero-order valence-electron chi connectivity index (χ0n) is 47.5. The maximum Gasteiger partial charge on any atom is 0.499 e. The molecule has 0 spiro atoms. The molecule has 8 rings (SSSR count). The number of nitrogen functional groups attached to an aromatic ring is 1. The van der Waals surface area contributed by atoms with Gasteiger partial charge in [0.1, 0.15) is 32.8 Å². The second kappa shape index (κ2) is 35.3. The lowest BCUT2D eigenvalue weighted by atomic mass is 9.90. The Bertz CT molecular complexity index is 3500. The minimum Gasteiger partial charge on any atom is -0.444 e. The molecule has 3 aromatic carbocycles. The molecule has 0 aliphatic rings. The van der Waals surface area contributed by atoms with Crippen molar-refractivity contribution in [2.24, 2.45) is 0 Å². The molecule has 0 radical (unpaired) electrons. The first kappa shape index (κ1) is 75.6. The van der Waals surface area contributed by atoms with Gasteiger partial charge >= 0.3 is 25.4 Å². The first-order chi connectivity index (χ1) is 39.7. The van der Waals surface area contributed by atoms with Crippen LogP contribution in [-0.4, -0.2) is 78.3 Å². The fraction of sp³-hybridized carbons (Fsp3) is 0.224. The van der Waals surface area contributed by atoms with E-state index in [9.17, 15) is 34.1 Å². The van der Waals surface area contributed by atoms with Crippen LogP contribution >= 0.6 is 84.7 Å². The molecule has 0 saturated carbocycles. The molecular formula is C58H64BBrCl3FN8O12S3. The summed E-state index contributed by atoms with van der Waals surface area (Å²) in [5.41, 5.74) is 8.63. The summed E-state index contributed by atoms with van der Waals surface area (Å²) < 4.78 is 16.7. The summed E-state index contributed by atoms with van der Waals surface area (Å²) in [6.07, 6.45) is 0.880. The number of thiophene rings is 3. The molecule has 0 fully saturated rings. The highest BCUT2D eigenvalue weighted by Gasteiger charge is 2.22. The van der Waals surface area contributed by atoms with Crippen molar-refractivity contribution in [1.82, 2.24) is 9.97 Å². The molecule has 5 aromatic heterocycles. The third-order valence-corrected chi connectivity index (χ3v) is 13.6. The number of anilines is 5. The summed E-state index contributed by atoms with van der Waals surface area (Å²) in [4.78, 5) is 78.6. The Morgan fingerprint density at radius 1 is 0.598 bits per heavy atom. The number of pyridine rings is 2. The van der Waals surface area contributed by atoms with Gasteiger partial charge in [0.2, 0.25) is 0 Å². The highest BCUT2D eigenvalue weighted by molar-refractivity contribution is 9.10. The lowest BCUT2D eigenvalue weighted by Gasteiger charge is -2.21. The number of carbonyl (C=O) groups is 5. The summed E-state index contributed by atoms with van der Waals surface area (Å²) in [5, 5.41) is 44.2. The van der Waals surface area contributed by atoms with Crippen molar-refractivity contribution in [3.63, 3.8) is 0 Å². The van der Waals surface area contributed by atoms with Crippen molar-refractivity contribution in [2.45, 2.75) is 86.5 Å². The largest absolute Gasteiger partial charge is 0.499 e. The smallest absolute Gasteiger partial charge is 0.444 e. The van der Waals surface area contributed by atoms with E-state index in [2.05, 4.69) is 47.2 Å². The highest BCUT2D eigenvalue weighted by Crippen LogP contribution is 2.34. The number of amides is 4. The SMILES string of the molecule is C.CC(C)(C)OC(=O)Nc1ccc(-c2cccs2)cc1N.CC(C)(C)OC(=O)Nc1ccc(-c2cccs2)cc1NC(=O)c1ccc(Cl)nc1.CC(C)(C)OC(=O)Nc1ccc(Br)cc1[N+](=O)[O-].F.O=C(Cl)c1ccc(Cl)nc1.OB(O)c1cccs1. The zero-order chi connectivity index (χ0) is 63.2. The van der Waals surface area contributed by atoms with Gasteiger partial charge in [-0.1, -0.05) is 83.0 Å². The second-order valence-corrected chi connectivity index (χ2v) is 25.1. The minimum atomic E-state index is -1.30. The Morgan fingerprint density at radius 3 is 1.43 bits per heavy atom. The Labute approximate surface area is 538 Å². The number of nitro groups is 1. The number of hydrogen-bond acceptors (Lipinski definition) is 18. The van der Waals surface area contributed by atoms with Crippen molar-refractivity contribution in [1.29, 1.82) is 0 Å². The monoisotopic (exact) mass is 1370 g/mol. The summed E-state index contributed by atoms with van der Waals surface area (Å²) in [7, 11) is -1.30. The average Bonchev–Trinajstić information content (AvgIpc) is 3.27. The van der Waals surface area contributed by atoms with E-state index in [1.807, 2.05) is 74.0 Å². The third kappa shape index (κ3) is 28.2. The standard InChI is InChI=1S/C21H20ClN3O3S.C15H18N2O2S.C11H13BrN2O4.C6H3Cl2NO.C4H5BO2S.CH4.FH/c1-21(2,3)28-20(27)25-15-8-6-13(17-5-4-10-29-17)11-16(15)24-19(26)14-7-9-18(22)23-12-14;1-15(2,3)19-14(18)17-12-7-6-10(9-11(12)16)13-5-4-8-20-13;1-11(2,3)18-10(15)13-8-5-4-7(12)6-9(8)14(16)17;7-5-2-1-4(3-9-5)6(8)10;6-5(7)4-2-1-3-8-4;;/h4-12H,1-3H3,(H,24,26)(H,25,27);4-9H,16H2,1-3H3,(H,17,18);4-6H,1-3H3,(H,13,15);1-3H;1-3,6-7H;1H4;1H. The zero-order valence-corrected chi connectivity index (χ0v) is 53.8. The molecule has 0 aliphatic carbocycles. The number of aromatic nitrogens is 2. The molecular weight excluding hydrogens is 1310 g/mol. The number of rotatable bonds is 10. The van der Waals surface area contributed by atoms with Gasteiger partial charge in [-0.3, -0.25) is 40.4 Å². The highest BCUT2D eigenvalue weighted by atomic mass is 79.9. The van der Waals surface area contributed by atoms with Gasteiger partial charge in [-0.15, -0.1) is 22.7 Å². The number of nitrogens with zero attached hydrogens (tertiary/aromatic N) is 3. The first-order valence-corrected chi connectivity index (χ1v) is 29.5. The van der Waals surface area contributed by atoms with Gasteiger partial charge in [0, 0.05) is 37.5 Å². The van der Waals surface area contributed by atoms with Gasteiger partial charge in [0.15, 0.2) is 0 Å². The van der Waals surface area contributed by atoms with Crippen LogP contribution in [0.5, 0.6) is 0 Å². The van der Waals surface area contributed by atoms with Crippen LogP contribution in [0.1, 0.15) is 90.5 Å². The number of nitrogens with one attached hydrogen (secondary N) is 4. The van der Waals surface area contributed by atoms with Crippen LogP contribution in [0.15, 0.2) is 148 Å². The molecule has 0 unspecified atom stereocenters. The quantitative estimate of drug-likeness (QED) is 0.0127. The number of ether oxygens (including phenoxy) is 3. The van der Waals surface area contributed by atoms with Gasteiger partial charge in [0.05, 0.1) is 38.8 Å². The van der Waals surface area contributed by atoms with Gasteiger partial charge < -0.3 is 35.3 Å². The van der Waals surface area contributed by atoms with Crippen LogP contribution in [0, 0.1) is 10.1 Å². The normalized spacial score (nSPS) is 10.4. The maximum atomic E-state index is 12.7. The molecule has 8 N–H and O–H groups in total. The van der Waals surface area contributed by atoms with Crippen molar-refractivity contribution in [2.75, 3.05) is 27.0 Å². The number of benzene rings is 3. The Morgan fingerprint density at radius 2 is 1.03 bits per heavy atom. The Hall–Kier alpha value is -7.53. The van der Waals surface area contributed by atoms with E-state index in [-0.39, 0.29) is 29.4 Å². The van der Waals surface area contributed by atoms with E-state index >= 15 is 0 Å². The van der Waals surface area contributed by atoms with Crippen molar-refractivity contribution < 1.29 is 57.9 Å². The predicted octanol–water partition coefficient (Wildman–Crippen LogP) is 16.4. The lowest BCUT2D eigenvalue weighted by molar-refractivity contribution is -0.384. The van der Waals surface area contributed by atoms with E-state index in [0.717, 1.165) is 20.9 Å². The molecule has 0 bridgehead atoms. The van der Waals surface area contributed by atoms with Gasteiger partial charge in [-0.05, 0) is 174 Å². The fourth-order valence-corrected chi connectivity index (χ4v) is 8.99. The van der Waals surface area contributed by atoms with Crippen LogP contribution in [0.3, 0.4) is 0 Å². The third-order valence-electron chi connectivity index (χ3n) is 9.74.